The lowest BCUT2D eigenvalue weighted by Crippen LogP contribution is -2.24. The third kappa shape index (κ3) is 7.14. The number of hydrogen-bond acceptors (Lipinski definition) is 2. The summed E-state index contributed by atoms with van der Waals surface area (Å²) in [5.41, 5.74) is 2.54. The molecule has 0 rings (SSSR count). The van der Waals surface area contributed by atoms with Crippen LogP contribution in [0.15, 0.2) is 28.6 Å². The van der Waals surface area contributed by atoms with Crippen LogP contribution >= 0.6 is 0 Å². The van der Waals surface area contributed by atoms with E-state index in [-0.39, 0.29) is 0 Å². The van der Waals surface area contributed by atoms with Crippen LogP contribution in [0.1, 0.15) is 27.2 Å². The predicted octanol–water partition coefficient (Wildman–Crippen LogP) is 4.13. The highest BCUT2D eigenvalue weighted by atomic mass is 28.4. The van der Waals surface area contributed by atoms with Gasteiger partial charge < -0.3 is 4.43 Å². The topological polar surface area (TPSA) is 21.6 Å². The molecular formula is C12H23NOSi. The van der Waals surface area contributed by atoms with Gasteiger partial charge >= 0.3 is 0 Å². The first-order chi connectivity index (χ1) is 6.76. The van der Waals surface area contributed by atoms with Gasteiger partial charge in [0.25, 0.3) is 0 Å². The minimum atomic E-state index is -1.56. The molecule has 2 nitrogen and oxygen atoms in total. The summed E-state index contributed by atoms with van der Waals surface area (Å²) in [6.45, 7) is 16.5. The third-order valence-electron chi connectivity index (χ3n) is 1.81. The van der Waals surface area contributed by atoms with E-state index in [1.807, 2.05) is 6.21 Å². The molecule has 3 heteroatoms. The van der Waals surface area contributed by atoms with Crippen molar-refractivity contribution >= 4 is 14.5 Å². The summed E-state index contributed by atoms with van der Waals surface area (Å²) < 4.78 is 5.64. The molecule has 0 saturated heterocycles. The van der Waals surface area contributed by atoms with Gasteiger partial charge in [-0.05, 0) is 52.1 Å². The Balaban J connectivity index is 4.42. The van der Waals surface area contributed by atoms with Crippen LogP contribution in [0.2, 0.25) is 19.6 Å². The van der Waals surface area contributed by atoms with Crippen LogP contribution in [-0.2, 0) is 4.43 Å². The molecule has 0 unspecified atom stereocenters. The largest absolute Gasteiger partial charge is 0.532 e. The summed E-state index contributed by atoms with van der Waals surface area (Å²) >= 11 is 0. The zero-order valence-corrected chi connectivity index (χ0v) is 11.8. The number of hydrogen-bond donors (Lipinski definition) is 0. The van der Waals surface area contributed by atoms with Gasteiger partial charge in [-0.3, -0.25) is 0 Å². The molecule has 0 atom stereocenters. The van der Waals surface area contributed by atoms with Gasteiger partial charge in [-0.25, -0.2) is 4.99 Å². The fourth-order valence-electron chi connectivity index (χ4n) is 1.10. The van der Waals surface area contributed by atoms with Gasteiger partial charge in [0.2, 0.25) is 8.32 Å². The second-order valence-electron chi connectivity index (χ2n) is 4.75. The van der Waals surface area contributed by atoms with Crippen molar-refractivity contribution < 1.29 is 4.43 Å². The molecule has 0 amide bonds. The summed E-state index contributed by atoms with van der Waals surface area (Å²) in [6.07, 6.45) is 2.85. The molecule has 0 aromatic rings. The molecule has 0 fully saturated rings. The molecule has 15 heavy (non-hydrogen) atoms. The molecule has 0 heterocycles. The Bertz CT molecular complexity index is 280. The van der Waals surface area contributed by atoms with E-state index in [9.17, 15) is 0 Å². The first-order valence-corrected chi connectivity index (χ1v) is 8.75. The molecule has 0 aromatic heterocycles. The van der Waals surface area contributed by atoms with Gasteiger partial charge in [-0.15, -0.1) is 0 Å². The lowest BCUT2D eigenvalue weighted by molar-refractivity contribution is 0.421. The van der Waals surface area contributed by atoms with E-state index < -0.39 is 8.32 Å². The summed E-state index contributed by atoms with van der Waals surface area (Å²) in [6, 6.07) is 0. The van der Waals surface area contributed by atoms with E-state index in [2.05, 4.69) is 52.0 Å². The maximum absolute atomic E-state index is 5.64. The van der Waals surface area contributed by atoms with Crippen molar-refractivity contribution in [3.05, 3.63) is 23.6 Å². The van der Waals surface area contributed by atoms with E-state index in [1.165, 1.54) is 11.1 Å². The molecule has 0 aliphatic rings. The van der Waals surface area contributed by atoms with Gasteiger partial charge in [-0.1, -0.05) is 12.5 Å². The van der Waals surface area contributed by atoms with Crippen LogP contribution < -0.4 is 0 Å². The van der Waals surface area contributed by atoms with Crippen molar-refractivity contribution in [3.63, 3.8) is 0 Å². The molecule has 0 aliphatic carbocycles. The molecule has 0 saturated carbocycles. The minimum Gasteiger partial charge on any atom is -0.532 e. The first kappa shape index (κ1) is 14.2. The van der Waals surface area contributed by atoms with E-state index in [0.29, 0.717) is 5.88 Å². The highest BCUT2D eigenvalue weighted by Crippen LogP contribution is 2.11. The molecule has 86 valence electrons. The Hall–Kier alpha value is -0.833. The number of aliphatic imine (C=N–C) groups is 1. The molecule has 0 bridgehead atoms. The number of rotatable bonds is 5. The van der Waals surface area contributed by atoms with Crippen LogP contribution in [0.3, 0.4) is 0 Å². The smallest absolute Gasteiger partial charge is 0.244 e. The average molecular weight is 225 g/mol. The van der Waals surface area contributed by atoms with Gasteiger partial charge in [0.1, 0.15) is 0 Å². The quantitative estimate of drug-likeness (QED) is 0.392. The first-order valence-electron chi connectivity index (χ1n) is 5.34. The number of allylic oxidation sites excluding steroid dienone is 2. The molecule has 0 N–H and O–H groups in total. The van der Waals surface area contributed by atoms with Crippen LogP contribution in [-0.4, -0.2) is 14.5 Å². The fraction of sp³-hybridized carbons (Fsp3) is 0.583. The van der Waals surface area contributed by atoms with Crippen molar-refractivity contribution in [2.45, 2.75) is 46.8 Å². The lowest BCUT2D eigenvalue weighted by atomic mass is 10.1. The maximum atomic E-state index is 5.64. The van der Waals surface area contributed by atoms with E-state index in [1.54, 1.807) is 0 Å². The van der Waals surface area contributed by atoms with Crippen molar-refractivity contribution in [1.29, 1.82) is 0 Å². The van der Waals surface area contributed by atoms with Crippen LogP contribution in [0, 0.1) is 0 Å². The van der Waals surface area contributed by atoms with Gasteiger partial charge in [0.15, 0.2) is 5.88 Å². The predicted molar refractivity (Wildman–Crippen MR) is 70.7 cm³/mol. The minimum absolute atomic E-state index is 0.529. The maximum Gasteiger partial charge on any atom is 0.244 e. The second kappa shape index (κ2) is 5.91. The van der Waals surface area contributed by atoms with Crippen LogP contribution in [0.25, 0.3) is 0 Å². The Morgan fingerprint density at radius 1 is 1.33 bits per heavy atom. The van der Waals surface area contributed by atoms with Crippen molar-refractivity contribution in [1.82, 2.24) is 0 Å². The summed E-state index contributed by atoms with van der Waals surface area (Å²) in [4.78, 5) is 4.24. The van der Waals surface area contributed by atoms with Crippen LogP contribution in [0.4, 0.5) is 0 Å². The molecule has 0 aliphatic heterocycles. The third-order valence-corrected chi connectivity index (χ3v) is 2.66. The highest BCUT2D eigenvalue weighted by Gasteiger charge is 2.16. The lowest BCUT2D eigenvalue weighted by Gasteiger charge is -2.18. The molecule has 0 spiro atoms. The summed E-state index contributed by atoms with van der Waals surface area (Å²) in [5, 5.41) is 0. The van der Waals surface area contributed by atoms with Gasteiger partial charge in [0, 0.05) is 6.21 Å². The van der Waals surface area contributed by atoms with Crippen molar-refractivity contribution in [2.75, 3.05) is 0 Å². The summed E-state index contributed by atoms with van der Waals surface area (Å²) in [7, 11) is -1.56. The second-order valence-corrected chi connectivity index (χ2v) is 9.17. The van der Waals surface area contributed by atoms with Crippen molar-refractivity contribution in [3.8, 4) is 0 Å². The Kier molecular flexibility index (Phi) is 5.58. The van der Waals surface area contributed by atoms with E-state index >= 15 is 0 Å². The molecular weight excluding hydrogens is 202 g/mol. The zero-order valence-electron chi connectivity index (χ0n) is 10.8. The van der Waals surface area contributed by atoms with Gasteiger partial charge in [0.05, 0.1) is 0 Å². The zero-order chi connectivity index (χ0) is 12.1. The molecule has 0 radical (unpaired) electrons. The van der Waals surface area contributed by atoms with E-state index in [4.69, 9.17) is 4.43 Å². The summed E-state index contributed by atoms with van der Waals surface area (Å²) in [5.74, 6) is 0.529. The standard InChI is InChI=1S/C12H23NOSi/c1-8-12(10(2)3)9-13-11(4)14-15(5,6)7/h9H,4,8H2,1-3,5-7H3/b13-9+. The number of nitrogens with zero attached hydrogens (tertiary/aromatic N) is 1. The average Bonchev–Trinajstić information content (AvgIpc) is 2.01. The van der Waals surface area contributed by atoms with E-state index in [0.717, 1.165) is 6.42 Å². The monoisotopic (exact) mass is 225 g/mol. The van der Waals surface area contributed by atoms with Gasteiger partial charge in [-0.2, -0.15) is 0 Å². The normalized spacial score (nSPS) is 11.6. The SMILES string of the molecule is C=C(/N=C/C(CC)=C(C)C)O[Si](C)(C)C. The highest BCUT2D eigenvalue weighted by molar-refractivity contribution is 6.70. The van der Waals surface area contributed by atoms with Crippen LogP contribution in [0.5, 0.6) is 0 Å². The Morgan fingerprint density at radius 3 is 2.20 bits per heavy atom. The van der Waals surface area contributed by atoms with Crippen molar-refractivity contribution in [2.24, 2.45) is 4.99 Å². The fourth-order valence-corrected chi connectivity index (χ4v) is 1.86. The Labute approximate surface area is 94.9 Å². The Morgan fingerprint density at radius 2 is 1.87 bits per heavy atom. The molecule has 0 aromatic carbocycles.